The zero-order chi connectivity index (χ0) is 12.8. The fourth-order valence-corrected chi connectivity index (χ4v) is 1.24. The van der Waals surface area contributed by atoms with Crippen LogP contribution in [0.25, 0.3) is 5.76 Å². The Morgan fingerprint density at radius 1 is 1.35 bits per heavy atom. The average molecular weight is 254 g/mol. The Labute approximate surface area is 105 Å². The third-order valence-corrected chi connectivity index (χ3v) is 2.04. The van der Waals surface area contributed by atoms with E-state index in [2.05, 4.69) is 18.2 Å². The summed E-state index contributed by atoms with van der Waals surface area (Å²) in [5.41, 5.74) is 0.688. The molecule has 0 spiro atoms. The molecule has 0 fully saturated rings. The smallest absolute Gasteiger partial charge is 0.195 e. The highest BCUT2D eigenvalue weighted by Crippen LogP contribution is 2.16. The molecule has 0 aliphatic carbocycles. The largest absolute Gasteiger partial charge is 0.443 e. The number of aliphatic imine (C=N–C) groups is 1. The van der Waals surface area contributed by atoms with Gasteiger partial charge < -0.3 is 4.74 Å². The number of ether oxygens (including phenoxy) is 1. The van der Waals surface area contributed by atoms with Crippen LogP contribution in [0.1, 0.15) is 18.9 Å². The van der Waals surface area contributed by atoms with Gasteiger partial charge >= 0.3 is 0 Å². The molecule has 17 heavy (non-hydrogen) atoms. The average Bonchev–Trinajstić information content (AvgIpc) is 2.28. The van der Waals surface area contributed by atoms with Crippen LogP contribution in [-0.2, 0) is 4.74 Å². The molecule has 0 N–H and O–H groups in total. The molecular formula is C13H13ClFNO. The first kappa shape index (κ1) is 13.5. The van der Waals surface area contributed by atoms with Crippen molar-refractivity contribution < 1.29 is 9.13 Å². The van der Waals surface area contributed by atoms with Crippen LogP contribution >= 0.6 is 11.6 Å². The molecule has 4 heteroatoms. The summed E-state index contributed by atoms with van der Waals surface area (Å²) < 4.78 is 18.2. The van der Waals surface area contributed by atoms with Crippen molar-refractivity contribution in [1.82, 2.24) is 0 Å². The lowest BCUT2D eigenvalue weighted by molar-refractivity contribution is 0.494. The van der Waals surface area contributed by atoms with Gasteiger partial charge in [0.05, 0.1) is 0 Å². The molecule has 0 bridgehead atoms. The highest BCUT2D eigenvalue weighted by atomic mass is 35.5. The summed E-state index contributed by atoms with van der Waals surface area (Å²) in [6.45, 7) is 9.08. The van der Waals surface area contributed by atoms with E-state index in [4.69, 9.17) is 16.3 Å². The fourth-order valence-electron chi connectivity index (χ4n) is 1.15. The molecule has 0 heterocycles. The van der Waals surface area contributed by atoms with Gasteiger partial charge in [-0.2, -0.15) is 0 Å². The molecule has 0 saturated heterocycles. The highest BCUT2D eigenvalue weighted by molar-refractivity contribution is 6.29. The molecule has 0 radical (unpaired) electrons. The third-order valence-electron chi connectivity index (χ3n) is 1.96. The molecule has 2 nitrogen and oxygen atoms in total. The summed E-state index contributed by atoms with van der Waals surface area (Å²) in [6, 6.07) is 5.85. The Morgan fingerprint density at radius 3 is 2.41 bits per heavy atom. The quantitative estimate of drug-likeness (QED) is 0.339. The number of rotatable bonds is 4. The minimum atomic E-state index is -0.305. The SMILES string of the molecule is C=C(Cl)N=C(CC)OC(=C)c1ccc(F)cc1. The Morgan fingerprint density at radius 2 is 1.94 bits per heavy atom. The van der Waals surface area contributed by atoms with Crippen molar-refractivity contribution in [3.05, 3.63) is 54.0 Å². The maximum absolute atomic E-state index is 12.7. The van der Waals surface area contributed by atoms with Crippen molar-refractivity contribution in [1.29, 1.82) is 0 Å². The van der Waals surface area contributed by atoms with E-state index in [0.29, 0.717) is 23.6 Å². The van der Waals surface area contributed by atoms with Gasteiger partial charge in [-0.25, -0.2) is 9.38 Å². The van der Waals surface area contributed by atoms with Gasteiger partial charge in [-0.3, -0.25) is 0 Å². The standard InChI is InChI=1S/C13H13ClFNO/c1-4-13(16-10(3)14)17-9(2)11-5-7-12(15)8-6-11/h5-8H,2-4H2,1H3. The van der Waals surface area contributed by atoms with Crippen LogP contribution < -0.4 is 0 Å². The first-order valence-electron chi connectivity index (χ1n) is 5.07. The molecule has 0 aliphatic heterocycles. The van der Waals surface area contributed by atoms with E-state index >= 15 is 0 Å². The topological polar surface area (TPSA) is 21.6 Å². The van der Waals surface area contributed by atoms with Crippen LogP contribution in [0.4, 0.5) is 4.39 Å². The van der Waals surface area contributed by atoms with E-state index in [1.54, 1.807) is 12.1 Å². The first-order chi connectivity index (χ1) is 8.02. The summed E-state index contributed by atoms with van der Waals surface area (Å²) in [5, 5.41) is 0.147. The van der Waals surface area contributed by atoms with Crippen molar-refractivity contribution in [2.75, 3.05) is 0 Å². The van der Waals surface area contributed by atoms with Crippen LogP contribution in [0.3, 0.4) is 0 Å². The van der Waals surface area contributed by atoms with Crippen molar-refractivity contribution in [2.45, 2.75) is 13.3 Å². The van der Waals surface area contributed by atoms with E-state index in [-0.39, 0.29) is 11.0 Å². The minimum Gasteiger partial charge on any atom is -0.443 e. The van der Waals surface area contributed by atoms with Gasteiger partial charge in [0.1, 0.15) is 16.7 Å². The Kier molecular flexibility index (Phi) is 4.91. The molecule has 0 amide bonds. The molecule has 90 valence electrons. The van der Waals surface area contributed by atoms with Gasteiger partial charge in [0, 0.05) is 12.0 Å². The maximum atomic E-state index is 12.7. The molecule has 1 rings (SSSR count). The second kappa shape index (κ2) is 6.21. The molecule has 0 aromatic heterocycles. The van der Waals surface area contributed by atoms with Crippen molar-refractivity contribution in [2.24, 2.45) is 4.99 Å². The Bertz CT molecular complexity index is 451. The summed E-state index contributed by atoms with van der Waals surface area (Å²) in [4.78, 5) is 3.91. The molecule has 0 atom stereocenters. The van der Waals surface area contributed by atoms with Gasteiger partial charge in [0.15, 0.2) is 5.90 Å². The Balaban J connectivity index is 2.78. The van der Waals surface area contributed by atoms with Gasteiger partial charge in [-0.05, 0) is 24.3 Å². The van der Waals surface area contributed by atoms with Crippen LogP contribution in [0.2, 0.25) is 0 Å². The normalized spacial score (nSPS) is 11.1. The first-order valence-corrected chi connectivity index (χ1v) is 5.45. The number of halogens is 2. The summed E-state index contributed by atoms with van der Waals surface area (Å²) >= 11 is 5.56. The van der Waals surface area contributed by atoms with E-state index < -0.39 is 0 Å². The number of hydrogen-bond donors (Lipinski definition) is 0. The lowest BCUT2D eigenvalue weighted by Crippen LogP contribution is -2.02. The van der Waals surface area contributed by atoms with Crippen LogP contribution in [-0.4, -0.2) is 5.90 Å². The predicted molar refractivity (Wildman–Crippen MR) is 69.2 cm³/mol. The number of benzene rings is 1. The summed E-state index contributed by atoms with van der Waals surface area (Å²) in [7, 11) is 0. The molecule has 0 aliphatic rings. The second-order valence-electron chi connectivity index (χ2n) is 3.27. The van der Waals surface area contributed by atoms with Crippen LogP contribution in [0.15, 0.2) is 47.6 Å². The maximum Gasteiger partial charge on any atom is 0.195 e. The molecule has 1 aromatic carbocycles. The van der Waals surface area contributed by atoms with E-state index in [9.17, 15) is 4.39 Å². The lowest BCUT2D eigenvalue weighted by atomic mass is 10.2. The van der Waals surface area contributed by atoms with Crippen LogP contribution in [0.5, 0.6) is 0 Å². The highest BCUT2D eigenvalue weighted by Gasteiger charge is 2.04. The monoisotopic (exact) mass is 253 g/mol. The van der Waals surface area contributed by atoms with Gasteiger partial charge in [0.25, 0.3) is 0 Å². The third kappa shape index (κ3) is 4.41. The number of nitrogens with zero attached hydrogens (tertiary/aromatic N) is 1. The van der Waals surface area contributed by atoms with Crippen molar-refractivity contribution in [3.8, 4) is 0 Å². The van der Waals surface area contributed by atoms with Crippen LogP contribution in [0, 0.1) is 5.82 Å². The molecule has 0 saturated carbocycles. The van der Waals surface area contributed by atoms with E-state index in [1.165, 1.54) is 12.1 Å². The van der Waals surface area contributed by atoms with Crippen molar-refractivity contribution in [3.63, 3.8) is 0 Å². The molecule has 1 aromatic rings. The minimum absolute atomic E-state index is 0.147. The van der Waals surface area contributed by atoms with Crippen molar-refractivity contribution >= 4 is 23.3 Å². The summed E-state index contributed by atoms with van der Waals surface area (Å²) in [6.07, 6.45) is 0.561. The van der Waals surface area contributed by atoms with E-state index in [1.807, 2.05) is 6.92 Å². The second-order valence-corrected chi connectivity index (χ2v) is 3.70. The Hall–Kier alpha value is -1.61. The van der Waals surface area contributed by atoms with Gasteiger partial charge in [0.2, 0.25) is 0 Å². The predicted octanol–water partition coefficient (Wildman–Crippen LogP) is 4.33. The zero-order valence-electron chi connectivity index (χ0n) is 9.54. The zero-order valence-corrected chi connectivity index (χ0v) is 10.3. The van der Waals surface area contributed by atoms with E-state index in [0.717, 1.165) is 0 Å². The number of hydrogen-bond acceptors (Lipinski definition) is 2. The van der Waals surface area contributed by atoms with Gasteiger partial charge in [-0.15, -0.1) is 0 Å². The molecular weight excluding hydrogens is 241 g/mol. The summed E-state index contributed by atoms with van der Waals surface area (Å²) in [5.74, 6) is 0.503. The fraction of sp³-hybridized carbons (Fsp3) is 0.154. The van der Waals surface area contributed by atoms with Gasteiger partial charge in [-0.1, -0.05) is 31.7 Å². The lowest BCUT2D eigenvalue weighted by Gasteiger charge is -2.09. The molecule has 0 unspecified atom stereocenters.